The van der Waals surface area contributed by atoms with E-state index in [2.05, 4.69) is 16.5 Å². The van der Waals surface area contributed by atoms with Crippen LogP contribution in [0.15, 0.2) is 41.3 Å². The third-order valence-corrected chi connectivity index (χ3v) is 4.51. The van der Waals surface area contributed by atoms with Gasteiger partial charge in [0, 0.05) is 36.0 Å². The molecule has 0 saturated carbocycles. The number of amides is 1. The first-order chi connectivity index (χ1) is 10.9. The predicted molar refractivity (Wildman–Crippen MR) is 96.5 cm³/mol. The summed E-state index contributed by atoms with van der Waals surface area (Å²) in [6.45, 7) is 3.08. The number of nitrogens with one attached hydrogen (secondary N) is 2. The molecule has 1 unspecified atom stereocenters. The SMILES string of the molecule is C=S(=O)(O)c1cccc2c(NCCNC(=O)CCC)cccc12. The van der Waals surface area contributed by atoms with E-state index in [0.29, 0.717) is 29.8 Å². The van der Waals surface area contributed by atoms with E-state index < -0.39 is 9.80 Å². The normalized spacial score (nSPS) is 13.5. The summed E-state index contributed by atoms with van der Waals surface area (Å²) in [6, 6.07) is 10.8. The molecule has 0 aliphatic carbocycles. The molecular formula is C17H22N2O3S. The lowest BCUT2D eigenvalue weighted by atomic mass is 10.1. The zero-order chi connectivity index (χ0) is 16.9. The first-order valence-corrected chi connectivity index (χ1v) is 9.24. The second kappa shape index (κ2) is 7.48. The van der Waals surface area contributed by atoms with Gasteiger partial charge in [-0.3, -0.25) is 4.79 Å². The highest BCUT2D eigenvalue weighted by Crippen LogP contribution is 2.28. The molecule has 0 fully saturated rings. The molecule has 0 bridgehead atoms. The highest BCUT2D eigenvalue weighted by atomic mass is 32.2. The van der Waals surface area contributed by atoms with E-state index in [0.717, 1.165) is 17.5 Å². The highest BCUT2D eigenvalue weighted by molar-refractivity contribution is 7.95. The fourth-order valence-corrected chi connectivity index (χ4v) is 3.24. The highest BCUT2D eigenvalue weighted by Gasteiger charge is 2.10. The van der Waals surface area contributed by atoms with Crippen LogP contribution >= 0.6 is 0 Å². The summed E-state index contributed by atoms with van der Waals surface area (Å²) >= 11 is 0. The molecule has 0 spiro atoms. The van der Waals surface area contributed by atoms with E-state index in [1.807, 2.05) is 25.1 Å². The Balaban J connectivity index is 2.15. The van der Waals surface area contributed by atoms with Crippen LogP contribution in [0.25, 0.3) is 10.8 Å². The van der Waals surface area contributed by atoms with Crippen molar-refractivity contribution in [1.82, 2.24) is 5.32 Å². The molecule has 124 valence electrons. The molecule has 0 aliphatic heterocycles. The van der Waals surface area contributed by atoms with Crippen LogP contribution in [0.4, 0.5) is 5.69 Å². The van der Waals surface area contributed by atoms with Crippen molar-refractivity contribution in [2.45, 2.75) is 24.7 Å². The maximum absolute atomic E-state index is 11.9. The molecule has 6 heteroatoms. The number of carbonyl (C=O) groups is 1. The van der Waals surface area contributed by atoms with Crippen LogP contribution in [0.1, 0.15) is 19.8 Å². The van der Waals surface area contributed by atoms with Gasteiger partial charge in [-0.2, -0.15) is 0 Å². The number of hydrogen-bond acceptors (Lipinski definition) is 3. The maximum Gasteiger partial charge on any atom is 0.220 e. The van der Waals surface area contributed by atoms with E-state index >= 15 is 0 Å². The van der Waals surface area contributed by atoms with Gasteiger partial charge in [0.15, 0.2) is 0 Å². The Morgan fingerprint density at radius 1 is 1.17 bits per heavy atom. The number of rotatable bonds is 7. The van der Waals surface area contributed by atoms with Crippen LogP contribution in [-0.2, 0) is 14.6 Å². The first-order valence-electron chi connectivity index (χ1n) is 7.55. The van der Waals surface area contributed by atoms with Crippen molar-refractivity contribution in [3.8, 4) is 0 Å². The fourth-order valence-electron chi connectivity index (χ4n) is 2.43. The minimum absolute atomic E-state index is 0.0478. The van der Waals surface area contributed by atoms with Gasteiger partial charge in [0.2, 0.25) is 5.91 Å². The molecule has 5 nitrogen and oxygen atoms in total. The van der Waals surface area contributed by atoms with Crippen LogP contribution in [-0.4, -0.2) is 33.6 Å². The van der Waals surface area contributed by atoms with Crippen LogP contribution in [0.3, 0.4) is 0 Å². The third-order valence-electron chi connectivity index (χ3n) is 3.47. The van der Waals surface area contributed by atoms with Crippen LogP contribution in [0.2, 0.25) is 0 Å². The molecule has 3 N–H and O–H groups in total. The zero-order valence-corrected chi connectivity index (χ0v) is 14.0. The summed E-state index contributed by atoms with van der Waals surface area (Å²) < 4.78 is 21.6. The third kappa shape index (κ3) is 4.46. The molecule has 0 aromatic heterocycles. The van der Waals surface area contributed by atoms with Crippen LogP contribution < -0.4 is 10.6 Å². The quantitative estimate of drug-likeness (QED) is 0.537. The molecule has 2 aromatic carbocycles. The van der Waals surface area contributed by atoms with Crippen molar-refractivity contribution in [3.05, 3.63) is 36.4 Å². The van der Waals surface area contributed by atoms with Gasteiger partial charge < -0.3 is 15.2 Å². The lowest BCUT2D eigenvalue weighted by molar-refractivity contribution is -0.121. The van der Waals surface area contributed by atoms with Crippen molar-refractivity contribution in [2.75, 3.05) is 18.4 Å². The summed E-state index contributed by atoms with van der Waals surface area (Å²) in [5.41, 5.74) is 0.859. The first kappa shape index (κ1) is 17.3. The van der Waals surface area contributed by atoms with Gasteiger partial charge in [-0.15, -0.1) is 0 Å². The second-order valence-electron chi connectivity index (χ2n) is 5.32. The molecular weight excluding hydrogens is 312 g/mol. The Labute approximate surface area is 136 Å². The van der Waals surface area contributed by atoms with E-state index in [4.69, 9.17) is 0 Å². The Morgan fingerprint density at radius 2 is 1.87 bits per heavy atom. The monoisotopic (exact) mass is 334 g/mol. The fraction of sp³-hybridized carbons (Fsp3) is 0.294. The lowest BCUT2D eigenvalue weighted by Gasteiger charge is -2.13. The minimum Gasteiger partial charge on any atom is -0.383 e. The van der Waals surface area contributed by atoms with Crippen molar-refractivity contribution in [3.63, 3.8) is 0 Å². The Morgan fingerprint density at radius 3 is 2.57 bits per heavy atom. The molecule has 2 rings (SSSR count). The molecule has 1 atom stereocenters. The number of fused-ring (bicyclic) bond motifs is 1. The van der Waals surface area contributed by atoms with Gasteiger partial charge in [-0.1, -0.05) is 31.2 Å². The van der Waals surface area contributed by atoms with Crippen LogP contribution in [0, 0.1) is 0 Å². The van der Waals surface area contributed by atoms with Gasteiger partial charge in [-0.05, 0) is 24.4 Å². The zero-order valence-electron chi connectivity index (χ0n) is 13.2. The summed E-state index contributed by atoms with van der Waals surface area (Å²) in [5, 5.41) is 7.65. The molecule has 23 heavy (non-hydrogen) atoms. The van der Waals surface area contributed by atoms with Gasteiger partial charge in [0.25, 0.3) is 0 Å². The van der Waals surface area contributed by atoms with Gasteiger partial charge in [-0.25, -0.2) is 4.21 Å². The summed E-state index contributed by atoms with van der Waals surface area (Å²) in [6.07, 6.45) is 1.36. The number of anilines is 1. The summed E-state index contributed by atoms with van der Waals surface area (Å²) in [7, 11) is -3.27. The molecule has 2 aromatic rings. The lowest BCUT2D eigenvalue weighted by Crippen LogP contribution is -2.28. The standard InChI is InChI=1S/C17H22N2O3S/c1-3-6-17(20)19-12-11-18-15-9-4-8-14-13(15)7-5-10-16(14)23(2,21)22/h4-5,7-10,18H,2-3,6,11-12H2,1H3,(H,19,20)(H,21,22). The Bertz CT molecular complexity index is 801. The van der Waals surface area contributed by atoms with E-state index in [9.17, 15) is 13.6 Å². The number of carbonyl (C=O) groups excluding carboxylic acids is 1. The number of hydrogen-bond donors (Lipinski definition) is 3. The number of benzene rings is 2. The minimum atomic E-state index is -3.27. The Hall–Kier alpha value is -2.05. The van der Waals surface area contributed by atoms with Gasteiger partial charge in [0.05, 0.1) is 4.90 Å². The van der Waals surface area contributed by atoms with Crippen molar-refractivity contribution in [1.29, 1.82) is 0 Å². The largest absolute Gasteiger partial charge is 0.383 e. The average molecular weight is 334 g/mol. The second-order valence-corrected chi connectivity index (χ2v) is 7.04. The molecule has 0 radical (unpaired) electrons. The molecule has 1 amide bonds. The topological polar surface area (TPSA) is 78.4 Å². The Kier molecular flexibility index (Phi) is 5.63. The smallest absolute Gasteiger partial charge is 0.220 e. The van der Waals surface area contributed by atoms with Crippen molar-refractivity contribution >= 4 is 38.0 Å². The average Bonchev–Trinajstić information content (AvgIpc) is 2.50. The van der Waals surface area contributed by atoms with Crippen molar-refractivity contribution in [2.24, 2.45) is 0 Å². The van der Waals surface area contributed by atoms with Gasteiger partial charge >= 0.3 is 0 Å². The molecule has 0 heterocycles. The maximum atomic E-state index is 11.9. The summed E-state index contributed by atoms with van der Waals surface area (Å²) in [4.78, 5) is 11.7. The molecule has 0 aliphatic rings. The van der Waals surface area contributed by atoms with E-state index in [-0.39, 0.29) is 5.91 Å². The van der Waals surface area contributed by atoms with E-state index in [1.165, 1.54) is 0 Å². The summed E-state index contributed by atoms with van der Waals surface area (Å²) in [5.74, 6) is 3.40. The van der Waals surface area contributed by atoms with E-state index in [1.54, 1.807) is 18.2 Å². The molecule has 0 saturated heterocycles. The predicted octanol–water partition coefficient (Wildman–Crippen LogP) is 2.72. The van der Waals surface area contributed by atoms with Crippen molar-refractivity contribution < 1.29 is 13.6 Å². The van der Waals surface area contributed by atoms with Gasteiger partial charge in [0.1, 0.15) is 9.80 Å². The van der Waals surface area contributed by atoms with Crippen LogP contribution in [0.5, 0.6) is 0 Å².